The largest absolute Gasteiger partial charge is 0.388 e. The molecule has 0 aliphatic carbocycles. The Labute approximate surface area is 97.1 Å². The molecule has 92 valence electrons. The van der Waals surface area contributed by atoms with Gasteiger partial charge in [-0.05, 0) is 23.6 Å². The highest BCUT2D eigenvalue weighted by Crippen LogP contribution is 2.42. The normalized spacial score (nSPS) is 18.5. The third-order valence-corrected chi connectivity index (χ3v) is 3.60. The van der Waals surface area contributed by atoms with Crippen LogP contribution in [0, 0.1) is 0 Å². The summed E-state index contributed by atoms with van der Waals surface area (Å²) in [5, 5.41) is 9.18. The number of rotatable bonds is 7. The Balaban J connectivity index is 3.81. The van der Waals surface area contributed by atoms with Crippen LogP contribution in [-0.2, 0) is 37.2 Å². The Morgan fingerprint density at radius 1 is 1.13 bits per heavy atom. The van der Waals surface area contributed by atoms with E-state index >= 15 is 0 Å². The number of hydrogen-bond donors (Lipinski definition) is 4. The molecule has 7 nitrogen and oxygen atoms in total. The van der Waals surface area contributed by atoms with Crippen LogP contribution in [-0.4, -0.2) is 46.2 Å². The van der Waals surface area contributed by atoms with E-state index in [0.717, 1.165) is 0 Å². The van der Waals surface area contributed by atoms with Crippen LogP contribution < -0.4 is 0 Å². The summed E-state index contributed by atoms with van der Waals surface area (Å²) in [6.07, 6.45) is -1.18. The Bertz CT molecular complexity index is 278. The molecule has 0 fully saturated rings. The maximum atomic E-state index is 9.18. The van der Waals surface area contributed by atoms with Crippen molar-refractivity contribution in [3.05, 3.63) is 0 Å². The fourth-order valence-corrected chi connectivity index (χ4v) is 1.66. The molecule has 0 spiro atoms. The van der Waals surface area contributed by atoms with Crippen LogP contribution >= 0.6 is 13.4 Å². The molecule has 0 amide bonds. The molecule has 0 aliphatic heterocycles. The molecule has 0 saturated heterocycles. The molecule has 15 heavy (non-hydrogen) atoms. The predicted molar refractivity (Wildman–Crippen MR) is 60.1 cm³/mol. The first-order chi connectivity index (χ1) is 6.66. The minimum atomic E-state index is -3.78. The van der Waals surface area contributed by atoms with Gasteiger partial charge in [0, 0.05) is 7.11 Å². The average Bonchev–Trinajstić information content (AvgIpc) is 2.10. The van der Waals surface area contributed by atoms with E-state index in [2.05, 4.69) is 37.2 Å². The number of hydrogen-bond acceptors (Lipinski definition) is 6. The average molecular weight is 298 g/mol. The summed E-state index contributed by atoms with van der Waals surface area (Å²) in [6.45, 7) is -7.88. The lowest BCUT2D eigenvalue weighted by Crippen LogP contribution is -2.20. The van der Waals surface area contributed by atoms with Gasteiger partial charge in [-0.1, -0.05) is 0 Å². The summed E-state index contributed by atoms with van der Waals surface area (Å²) < 4.78 is 13.4. The molecule has 11 heteroatoms. The first-order valence-electron chi connectivity index (χ1n) is 3.57. The monoisotopic (exact) mass is 298 g/mol. The topological polar surface area (TPSA) is 109 Å². The third-order valence-electron chi connectivity index (χ3n) is 1.10. The molecule has 0 aliphatic rings. The zero-order chi connectivity index (χ0) is 12.1. The maximum Gasteiger partial charge on any atom is 0.324 e. The van der Waals surface area contributed by atoms with Crippen LogP contribution in [0.3, 0.4) is 0 Å². The molecule has 0 radical (unpaired) electrons. The zero-order valence-corrected chi connectivity index (χ0v) is 11.1. The second kappa shape index (κ2) is 6.68. The van der Waals surface area contributed by atoms with Crippen LogP contribution in [0.5, 0.6) is 0 Å². The highest BCUT2D eigenvalue weighted by molar-refractivity contribution is 8.07. The first-order valence-corrected chi connectivity index (χ1v) is 8.79. The standard InChI is InChI=1S/C4H12O7P2S2/c1-9-13(8,15)11-3-4(5)2-10-12(6,7)14/h4-5H,2-3H2,1H3,(H,8,15)(H2,6,7,14). The van der Waals surface area contributed by atoms with Gasteiger partial charge in [0.2, 0.25) is 0 Å². The van der Waals surface area contributed by atoms with E-state index in [1.807, 2.05) is 0 Å². The van der Waals surface area contributed by atoms with Crippen molar-refractivity contribution in [3.63, 3.8) is 0 Å². The summed E-state index contributed by atoms with van der Waals surface area (Å²) in [5.41, 5.74) is 0. The lowest BCUT2D eigenvalue weighted by molar-refractivity contribution is 0.0506. The molecule has 0 heterocycles. The van der Waals surface area contributed by atoms with Crippen LogP contribution in [0.25, 0.3) is 0 Å². The number of aliphatic hydroxyl groups excluding tert-OH is 1. The van der Waals surface area contributed by atoms with E-state index in [0.29, 0.717) is 0 Å². The van der Waals surface area contributed by atoms with Crippen molar-refractivity contribution in [1.29, 1.82) is 0 Å². The van der Waals surface area contributed by atoms with Gasteiger partial charge < -0.3 is 33.4 Å². The van der Waals surface area contributed by atoms with E-state index in [9.17, 15) is 5.11 Å². The Morgan fingerprint density at radius 3 is 2.00 bits per heavy atom. The van der Waals surface area contributed by atoms with Crippen molar-refractivity contribution in [2.45, 2.75) is 6.10 Å². The number of aliphatic hydroxyl groups is 1. The Morgan fingerprint density at radius 2 is 1.60 bits per heavy atom. The molecule has 0 saturated carbocycles. The van der Waals surface area contributed by atoms with Gasteiger partial charge in [-0.2, -0.15) is 0 Å². The smallest absolute Gasteiger partial charge is 0.324 e. The van der Waals surface area contributed by atoms with Gasteiger partial charge in [0.15, 0.2) is 0 Å². The molecular weight excluding hydrogens is 286 g/mol. The van der Waals surface area contributed by atoms with Gasteiger partial charge in [0.05, 0.1) is 13.2 Å². The van der Waals surface area contributed by atoms with Crippen LogP contribution in [0.2, 0.25) is 0 Å². The van der Waals surface area contributed by atoms with Crippen molar-refractivity contribution in [3.8, 4) is 0 Å². The second-order valence-electron chi connectivity index (χ2n) is 2.39. The molecule has 2 atom stereocenters. The van der Waals surface area contributed by atoms with Gasteiger partial charge in [0.25, 0.3) is 0 Å². The van der Waals surface area contributed by atoms with Gasteiger partial charge in [-0.25, -0.2) is 0 Å². The van der Waals surface area contributed by atoms with E-state index < -0.39 is 26.1 Å². The minimum Gasteiger partial charge on any atom is -0.388 e. The van der Waals surface area contributed by atoms with Crippen molar-refractivity contribution in [1.82, 2.24) is 0 Å². The Kier molecular flexibility index (Phi) is 7.14. The minimum absolute atomic E-state index is 0.350. The summed E-state index contributed by atoms with van der Waals surface area (Å²) in [7, 11) is 1.17. The SMILES string of the molecule is COP(O)(=S)OCC(O)COP(O)(O)=S. The van der Waals surface area contributed by atoms with Crippen LogP contribution in [0.15, 0.2) is 0 Å². The highest BCUT2D eigenvalue weighted by Gasteiger charge is 2.17. The predicted octanol–water partition coefficient (Wildman–Crippen LogP) is -0.547. The first kappa shape index (κ1) is 16.0. The second-order valence-corrected chi connectivity index (χ2v) is 8.00. The van der Waals surface area contributed by atoms with E-state index in [4.69, 9.17) is 14.7 Å². The molecule has 0 bridgehead atoms. The summed E-state index contributed by atoms with van der Waals surface area (Å²) in [6, 6.07) is 0. The molecule has 0 aromatic carbocycles. The summed E-state index contributed by atoms with van der Waals surface area (Å²) in [5.74, 6) is 0. The van der Waals surface area contributed by atoms with Crippen LogP contribution in [0.1, 0.15) is 0 Å². The third kappa shape index (κ3) is 9.92. The van der Waals surface area contributed by atoms with E-state index in [1.54, 1.807) is 0 Å². The van der Waals surface area contributed by atoms with Gasteiger partial charge in [0.1, 0.15) is 6.10 Å². The molecule has 0 aromatic rings. The molecule has 2 unspecified atom stereocenters. The fraction of sp³-hybridized carbons (Fsp3) is 1.00. The van der Waals surface area contributed by atoms with Gasteiger partial charge in [-0.3, -0.25) is 0 Å². The quantitative estimate of drug-likeness (QED) is 0.460. The summed E-state index contributed by atoms with van der Waals surface area (Å²) >= 11 is 8.62. The van der Waals surface area contributed by atoms with Crippen molar-refractivity contribution in [2.75, 3.05) is 20.3 Å². The van der Waals surface area contributed by atoms with E-state index in [-0.39, 0.29) is 6.61 Å². The summed E-state index contributed by atoms with van der Waals surface area (Å²) in [4.78, 5) is 26.4. The maximum absolute atomic E-state index is 9.18. The molecule has 4 N–H and O–H groups in total. The molecular formula is C4H12O7P2S2. The highest BCUT2D eigenvalue weighted by atomic mass is 32.5. The fourth-order valence-electron chi connectivity index (χ4n) is 0.464. The zero-order valence-electron chi connectivity index (χ0n) is 7.72. The van der Waals surface area contributed by atoms with Gasteiger partial charge in [-0.15, -0.1) is 0 Å². The van der Waals surface area contributed by atoms with Crippen molar-refractivity contribution >= 4 is 37.1 Å². The lowest BCUT2D eigenvalue weighted by atomic mass is 10.4. The van der Waals surface area contributed by atoms with E-state index in [1.165, 1.54) is 7.11 Å². The van der Waals surface area contributed by atoms with Crippen LogP contribution in [0.4, 0.5) is 0 Å². The van der Waals surface area contributed by atoms with Crippen molar-refractivity contribution in [2.24, 2.45) is 0 Å². The molecule has 0 rings (SSSR count). The lowest BCUT2D eigenvalue weighted by Gasteiger charge is -2.17. The molecule has 0 aromatic heterocycles. The van der Waals surface area contributed by atoms with Crippen molar-refractivity contribution < 1.29 is 33.4 Å². The Hall–Kier alpha value is 1.02. The van der Waals surface area contributed by atoms with Gasteiger partial charge >= 0.3 is 13.4 Å².